The number of carbonyl (C=O) groups is 1. The lowest BCUT2D eigenvalue weighted by Crippen LogP contribution is -2.21. The topological polar surface area (TPSA) is 159 Å². The van der Waals surface area contributed by atoms with Gasteiger partial charge in [-0.05, 0) is 43.2 Å². The van der Waals surface area contributed by atoms with Crippen LogP contribution in [0.4, 0.5) is 5.95 Å². The van der Waals surface area contributed by atoms with Crippen LogP contribution in [0, 0.1) is 12.5 Å². The fraction of sp³-hybridized carbons (Fsp3) is 0.308. The maximum Gasteiger partial charge on any atom is 0.303 e. The van der Waals surface area contributed by atoms with Crippen LogP contribution in [0.15, 0.2) is 53.8 Å². The molecule has 3 aromatic rings. The number of nitrogens with zero attached hydrogens (tertiary/aromatic N) is 4. The molecule has 0 spiro atoms. The first-order valence-electron chi connectivity index (χ1n) is 11.4. The molecule has 5 N–H and O–H groups in total. The fourth-order valence-electron chi connectivity index (χ4n) is 3.78. The van der Waals surface area contributed by atoms with Crippen molar-refractivity contribution in [2.45, 2.75) is 45.6 Å². The Morgan fingerprint density at radius 3 is 2.67 bits per heavy atom. The molecule has 2 heterocycles. The first-order valence-corrected chi connectivity index (χ1v) is 11.4. The molecule has 0 radical (unpaired) electrons. The molecular formula is C26H31N7O3. The normalized spacial score (nSPS) is 11.7. The lowest BCUT2D eigenvalue weighted by atomic mass is 9.84. The number of aromatic nitrogens is 3. The number of aliphatic carboxylic acids is 1. The minimum atomic E-state index is -0.827. The summed E-state index contributed by atoms with van der Waals surface area (Å²) in [5.41, 5.74) is 17.8. The third-order valence-corrected chi connectivity index (χ3v) is 5.80. The first-order chi connectivity index (χ1) is 17.1. The van der Waals surface area contributed by atoms with Crippen molar-refractivity contribution >= 4 is 17.6 Å². The number of benzene rings is 1. The number of para-hydroxylation sites is 1. The number of pyridine rings is 1. The average Bonchev–Trinajstić information content (AvgIpc) is 2.85. The van der Waals surface area contributed by atoms with Crippen molar-refractivity contribution in [3.05, 3.63) is 71.3 Å². The Balaban J connectivity index is 1.81. The molecule has 10 nitrogen and oxygen atoms in total. The summed E-state index contributed by atoms with van der Waals surface area (Å²) < 4.78 is 5.55. The van der Waals surface area contributed by atoms with E-state index in [2.05, 4.69) is 20.4 Å². The van der Waals surface area contributed by atoms with Gasteiger partial charge in [0.25, 0.3) is 0 Å². The molecule has 0 unspecified atom stereocenters. The number of ether oxygens (including phenoxy) is 1. The van der Waals surface area contributed by atoms with Crippen LogP contribution in [0.2, 0.25) is 0 Å². The van der Waals surface area contributed by atoms with Crippen molar-refractivity contribution in [2.24, 2.45) is 5.11 Å². The highest BCUT2D eigenvalue weighted by atomic mass is 16.5. The fourth-order valence-corrected chi connectivity index (χ4v) is 3.78. The van der Waals surface area contributed by atoms with Gasteiger partial charge in [0, 0.05) is 29.3 Å². The molecule has 188 valence electrons. The van der Waals surface area contributed by atoms with E-state index < -0.39 is 5.97 Å². The molecule has 0 atom stereocenters. The molecule has 0 aliphatic rings. The zero-order chi connectivity index (χ0) is 26.3. The summed E-state index contributed by atoms with van der Waals surface area (Å²) in [7, 11) is 1.60. The van der Waals surface area contributed by atoms with Crippen molar-refractivity contribution in [3.8, 4) is 17.0 Å². The Morgan fingerprint density at radius 2 is 1.97 bits per heavy atom. The summed E-state index contributed by atoms with van der Waals surface area (Å²) in [5, 5.41) is 15.8. The zero-order valence-electron chi connectivity index (χ0n) is 20.9. The van der Waals surface area contributed by atoms with E-state index in [0.717, 1.165) is 22.5 Å². The minimum absolute atomic E-state index is 0.0542. The molecular weight excluding hydrogens is 458 g/mol. The summed E-state index contributed by atoms with van der Waals surface area (Å²) in [6, 6.07) is 13.1. The number of carboxylic acids is 1. The Morgan fingerprint density at radius 1 is 1.22 bits per heavy atom. The van der Waals surface area contributed by atoms with Gasteiger partial charge in [-0.15, -0.1) is 0 Å². The molecule has 0 saturated heterocycles. The van der Waals surface area contributed by atoms with Crippen LogP contribution < -0.4 is 15.8 Å². The first kappa shape index (κ1) is 26.3. The number of anilines is 1. The van der Waals surface area contributed by atoms with E-state index in [1.807, 2.05) is 57.2 Å². The highest BCUT2D eigenvalue weighted by Crippen LogP contribution is 2.33. The monoisotopic (exact) mass is 489 g/mol. The largest absolute Gasteiger partial charge is 0.496 e. The molecule has 10 heteroatoms. The second-order valence-electron chi connectivity index (χ2n) is 8.97. The second kappa shape index (κ2) is 11.4. The summed E-state index contributed by atoms with van der Waals surface area (Å²) in [6.45, 7) is 6.28. The molecule has 0 amide bonds. The van der Waals surface area contributed by atoms with Gasteiger partial charge in [-0.2, -0.15) is 5.11 Å². The lowest BCUT2D eigenvalue weighted by molar-refractivity contribution is -0.137. The van der Waals surface area contributed by atoms with E-state index >= 15 is 0 Å². The van der Waals surface area contributed by atoms with E-state index in [4.69, 9.17) is 26.1 Å². The molecule has 0 saturated carbocycles. The van der Waals surface area contributed by atoms with Crippen LogP contribution >= 0.6 is 0 Å². The number of methoxy groups -OCH3 is 1. The second-order valence-corrected chi connectivity index (χ2v) is 8.97. The predicted octanol–water partition coefficient (Wildman–Crippen LogP) is 4.70. The van der Waals surface area contributed by atoms with Crippen molar-refractivity contribution < 1.29 is 14.6 Å². The highest BCUT2D eigenvalue weighted by molar-refractivity contribution is 5.73. The number of hydrogen-bond acceptors (Lipinski definition) is 9. The smallest absolute Gasteiger partial charge is 0.303 e. The maximum atomic E-state index is 11.0. The number of nitrogens with one attached hydrogen (secondary N) is 2. The van der Waals surface area contributed by atoms with E-state index in [1.165, 1.54) is 0 Å². The Bertz CT molecular complexity index is 1290. The highest BCUT2D eigenvalue weighted by Gasteiger charge is 2.23. The molecule has 0 bridgehead atoms. The third kappa shape index (κ3) is 6.41. The van der Waals surface area contributed by atoms with Crippen LogP contribution in [0.5, 0.6) is 5.75 Å². The van der Waals surface area contributed by atoms with Gasteiger partial charge in [-0.25, -0.2) is 15.5 Å². The summed E-state index contributed by atoms with van der Waals surface area (Å²) in [6.07, 6.45) is 2.14. The number of nitrogen functional groups attached to an aromatic ring is 1. The minimum Gasteiger partial charge on any atom is -0.496 e. The number of rotatable bonds is 11. The van der Waals surface area contributed by atoms with Crippen LogP contribution in [0.25, 0.3) is 17.0 Å². The van der Waals surface area contributed by atoms with Crippen LogP contribution in [0.1, 0.15) is 49.3 Å². The molecule has 2 aromatic heterocycles. The van der Waals surface area contributed by atoms with E-state index in [1.54, 1.807) is 19.4 Å². The Hall–Kier alpha value is -4.34. The summed E-state index contributed by atoms with van der Waals surface area (Å²) in [5.74, 6) is -0.0871. The standard InChI is InChI=1S/C26H31N7O3/c1-16-7-5-9-18(24(16)36-4)19-13-20(32-25(27)31-19)21(33-28)15-29-14-17-8-6-10-22(30-17)26(2,3)12-11-23(34)35/h5-10,13,15,28-29H,11-12,14H2,1-4H3,(H,34,35)(H2,27,31,32)/b21-15-,33-28?. The molecule has 36 heavy (non-hydrogen) atoms. The van der Waals surface area contributed by atoms with Crippen molar-refractivity contribution in [2.75, 3.05) is 12.8 Å². The number of aryl methyl sites for hydroxylation is 1. The van der Waals surface area contributed by atoms with Gasteiger partial charge in [-0.3, -0.25) is 9.78 Å². The van der Waals surface area contributed by atoms with Crippen LogP contribution in [0.3, 0.4) is 0 Å². The van der Waals surface area contributed by atoms with Gasteiger partial charge in [0.05, 0.1) is 30.7 Å². The molecule has 0 fully saturated rings. The Kier molecular flexibility index (Phi) is 8.31. The third-order valence-electron chi connectivity index (χ3n) is 5.80. The van der Waals surface area contributed by atoms with Crippen LogP contribution in [-0.2, 0) is 16.8 Å². The quantitative estimate of drug-likeness (QED) is 0.282. The molecule has 1 aromatic carbocycles. The van der Waals surface area contributed by atoms with Gasteiger partial charge in [0.15, 0.2) is 0 Å². The van der Waals surface area contributed by atoms with Gasteiger partial charge in [0.2, 0.25) is 5.95 Å². The summed E-state index contributed by atoms with van der Waals surface area (Å²) in [4.78, 5) is 24.3. The molecule has 0 aliphatic carbocycles. The molecule has 3 rings (SSSR count). The zero-order valence-corrected chi connectivity index (χ0v) is 20.9. The van der Waals surface area contributed by atoms with Gasteiger partial charge in [0.1, 0.15) is 11.4 Å². The summed E-state index contributed by atoms with van der Waals surface area (Å²) >= 11 is 0. The van der Waals surface area contributed by atoms with Gasteiger partial charge < -0.3 is 20.9 Å². The average molecular weight is 490 g/mol. The number of carboxylic acid groups (broad SMARTS) is 1. The van der Waals surface area contributed by atoms with Gasteiger partial charge >= 0.3 is 5.97 Å². The van der Waals surface area contributed by atoms with Crippen molar-refractivity contribution in [3.63, 3.8) is 0 Å². The Labute approximate surface area is 210 Å². The van der Waals surface area contributed by atoms with Crippen molar-refractivity contribution in [1.29, 1.82) is 5.53 Å². The van der Waals surface area contributed by atoms with E-state index in [-0.39, 0.29) is 23.5 Å². The number of nitrogens with two attached hydrogens (primary N) is 1. The predicted molar refractivity (Wildman–Crippen MR) is 137 cm³/mol. The maximum absolute atomic E-state index is 11.0. The number of hydrogen-bond donors (Lipinski definition) is 4. The SMILES string of the molecule is COc1c(C)cccc1-c1cc(/C(=C/NCc2cccc(C(C)(C)CCC(=O)O)n2)N=N)nc(N)n1. The van der Waals surface area contributed by atoms with E-state index in [0.29, 0.717) is 30.1 Å². The van der Waals surface area contributed by atoms with Crippen LogP contribution in [-0.4, -0.2) is 33.1 Å². The molecule has 0 aliphatic heterocycles. The lowest BCUT2D eigenvalue weighted by Gasteiger charge is -2.23. The van der Waals surface area contributed by atoms with E-state index in [9.17, 15) is 4.79 Å². The van der Waals surface area contributed by atoms with Crippen molar-refractivity contribution in [1.82, 2.24) is 20.3 Å². The van der Waals surface area contributed by atoms with Gasteiger partial charge in [-0.1, -0.05) is 32.0 Å².